The maximum atomic E-state index is 12.2. The van der Waals surface area contributed by atoms with Gasteiger partial charge in [-0.25, -0.2) is 20.0 Å². The summed E-state index contributed by atoms with van der Waals surface area (Å²) in [5.74, 6) is 0. The molecular formula is C29H66AlN2O10. The summed E-state index contributed by atoms with van der Waals surface area (Å²) < 4.78 is 10.2. The number of allylic oxidation sites excluding steroid dienone is 3. The molecule has 0 saturated heterocycles. The molecule has 0 rings (SSSR count). The Morgan fingerprint density at radius 3 is 1.50 bits per heavy atom. The minimum Gasteiger partial charge on any atom is -0.446 e. The van der Waals surface area contributed by atoms with Crippen molar-refractivity contribution in [1.82, 2.24) is 10.4 Å². The lowest BCUT2D eigenvalue weighted by Gasteiger charge is -2.23. The molecule has 0 aliphatic heterocycles. The molecule has 12 nitrogen and oxygen atoms in total. The van der Waals surface area contributed by atoms with Crippen LogP contribution in [0, 0.1) is 0 Å². The average Bonchev–Trinajstić information content (AvgIpc) is 2.72. The Kier molecular flexibility index (Phi) is 58.9. The van der Waals surface area contributed by atoms with Crippen LogP contribution in [0.4, 0.5) is 9.59 Å². The molecular weight excluding hydrogens is 563 g/mol. The summed E-state index contributed by atoms with van der Waals surface area (Å²) in [6, 6.07) is 0. The van der Waals surface area contributed by atoms with E-state index in [4.69, 9.17) is 24.8 Å². The maximum absolute atomic E-state index is 12.2. The highest BCUT2D eigenvalue weighted by Crippen LogP contribution is 2.12. The monoisotopic (exact) mass is 629 g/mol. The molecule has 0 aromatic heterocycles. The van der Waals surface area contributed by atoms with Crippen molar-refractivity contribution < 1.29 is 50.8 Å². The zero-order chi connectivity index (χ0) is 30.7. The molecule has 0 heterocycles. The normalized spacial score (nSPS) is 9.95. The van der Waals surface area contributed by atoms with Gasteiger partial charge >= 0.3 is 12.2 Å². The summed E-state index contributed by atoms with van der Waals surface area (Å²) in [6.07, 6.45) is 9.07. The van der Waals surface area contributed by atoms with Gasteiger partial charge in [-0.1, -0.05) is 37.6 Å². The summed E-state index contributed by atoms with van der Waals surface area (Å²) in [4.78, 5) is 24.0. The Hall–Kier alpha value is -1.69. The molecule has 13 heteroatoms. The number of unbranched alkanes of at least 4 members (excludes halogenated alkanes) is 1. The van der Waals surface area contributed by atoms with Crippen LogP contribution < -0.4 is 5.43 Å². The summed E-state index contributed by atoms with van der Waals surface area (Å²) >= 11 is 0. The molecule has 0 bridgehead atoms. The Bertz CT molecular complexity index is 593. The minimum absolute atomic E-state index is 0. The van der Waals surface area contributed by atoms with Crippen LogP contribution in [0.15, 0.2) is 23.8 Å². The molecule has 0 aromatic rings. The van der Waals surface area contributed by atoms with Crippen molar-refractivity contribution >= 4 is 29.5 Å². The van der Waals surface area contributed by atoms with Crippen LogP contribution in [0.25, 0.3) is 0 Å². The average molecular weight is 630 g/mol. The van der Waals surface area contributed by atoms with Crippen molar-refractivity contribution in [1.29, 1.82) is 0 Å². The zero-order valence-electron chi connectivity index (χ0n) is 28.4. The van der Waals surface area contributed by atoms with E-state index in [-0.39, 0.29) is 70.9 Å². The van der Waals surface area contributed by atoms with Crippen molar-refractivity contribution in [3.05, 3.63) is 23.8 Å². The van der Waals surface area contributed by atoms with Crippen LogP contribution in [0.3, 0.4) is 0 Å². The van der Waals surface area contributed by atoms with E-state index in [0.29, 0.717) is 0 Å². The Balaban J connectivity index is -0.000000102. The number of rotatable bonds is 10. The van der Waals surface area contributed by atoms with Gasteiger partial charge in [0, 0.05) is 35.7 Å². The molecule has 0 aliphatic carbocycles. The smallest absolute Gasteiger partial charge is 0.429 e. The van der Waals surface area contributed by atoms with Gasteiger partial charge in [0.15, 0.2) is 0 Å². The third kappa shape index (κ3) is 66.5. The molecule has 0 fully saturated rings. The van der Waals surface area contributed by atoms with Gasteiger partial charge in [-0.15, -0.1) is 0 Å². The van der Waals surface area contributed by atoms with E-state index in [0.717, 1.165) is 37.1 Å². The number of ether oxygens (including phenoxy) is 2. The predicted octanol–water partition coefficient (Wildman–Crippen LogP) is 3.66. The van der Waals surface area contributed by atoms with E-state index in [1.165, 1.54) is 5.57 Å². The van der Waals surface area contributed by atoms with Gasteiger partial charge in [0.2, 0.25) is 0 Å². The Morgan fingerprint density at radius 1 is 0.762 bits per heavy atom. The summed E-state index contributed by atoms with van der Waals surface area (Å²) in [5, 5.41) is 25.3. The summed E-state index contributed by atoms with van der Waals surface area (Å²) in [6.45, 7) is 21.8. The number of carbonyl (C=O) groups is 2. The Morgan fingerprint density at radius 2 is 1.17 bits per heavy atom. The van der Waals surface area contributed by atoms with Crippen molar-refractivity contribution in [2.24, 2.45) is 0 Å². The number of aliphatic hydroxyl groups excluding tert-OH is 3. The largest absolute Gasteiger partial charge is 0.446 e. The number of aliphatic hydroxyl groups is 3. The first-order valence-corrected chi connectivity index (χ1v) is 13.8. The zero-order valence-corrected chi connectivity index (χ0v) is 29.5. The topological polar surface area (TPSA) is 223 Å². The van der Waals surface area contributed by atoms with E-state index < -0.39 is 12.2 Å². The standard InChI is InChI=1S/C20H36N2O4.3C3H8O.Al.3H2O/c1-7-9-10-11-12-13-18(8-2)14-15-22(20(24)26-17(5)6)21-19(23)25-16(3)4;3*1-3(2)4;;;;/h9-10,14,16-17H,7-8,11-13,15H2,1-6H3,(H,21,23);3*3-4H,1-2H3;;3*1H2/b10-9+,18-14+;;;;;;;. The van der Waals surface area contributed by atoms with Crippen LogP contribution in [0.2, 0.25) is 0 Å². The number of hydrazine groups is 1. The second kappa shape index (κ2) is 41.4. The van der Waals surface area contributed by atoms with Gasteiger partial charge in [-0.3, -0.25) is 0 Å². The molecule has 42 heavy (non-hydrogen) atoms. The second-order valence-corrected chi connectivity index (χ2v) is 9.88. The fourth-order valence-electron chi connectivity index (χ4n) is 2.16. The lowest BCUT2D eigenvalue weighted by molar-refractivity contribution is 0.0510. The molecule has 0 atom stereocenters. The fraction of sp³-hybridized carbons (Fsp3) is 0.793. The Labute approximate surface area is 266 Å². The van der Waals surface area contributed by atoms with Crippen molar-refractivity contribution in [3.8, 4) is 0 Å². The van der Waals surface area contributed by atoms with Crippen LogP contribution in [0.5, 0.6) is 0 Å². The fourth-order valence-corrected chi connectivity index (χ4v) is 2.16. The molecule has 10 N–H and O–H groups in total. The van der Waals surface area contributed by atoms with E-state index >= 15 is 0 Å². The minimum atomic E-state index is -0.670. The molecule has 0 unspecified atom stereocenters. The number of hydrogen-bond donors (Lipinski definition) is 4. The number of hydrogen-bond acceptors (Lipinski definition) is 7. The number of nitrogens with one attached hydrogen (secondary N) is 1. The van der Waals surface area contributed by atoms with Crippen molar-refractivity contribution in [2.75, 3.05) is 6.54 Å². The van der Waals surface area contributed by atoms with Gasteiger partial charge in [-0.2, -0.15) is 0 Å². The molecule has 2 amide bonds. The maximum Gasteiger partial charge on any atom is 0.429 e. The van der Waals surface area contributed by atoms with E-state index in [1.54, 1.807) is 69.2 Å². The van der Waals surface area contributed by atoms with Gasteiger partial charge in [-0.05, 0) is 101 Å². The van der Waals surface area contributed by atoms with Gasteiger partial charge < -0.3 is 41.2 Å². The van der Waals surface area contributed by atoms with E-state index in [9.17, 15) is 9.59 Å². The number of amides is 2. The summed E-state index contributed by atoms with van der Waals surface area (Å²) in [5.41, 5.74) is 3.71. The lowest BCUT2D eigenvalue weighted by atomic mass is 10.1. The first-order chi connectivity index (χ1) is 17.5. The first kappa shape index (κ1) is 59.7. The second-order valence-electron chi connectivity index (χ2n) is 9.88. The van der Waals surface area contributed by atoms with Crippen molar-refractivity contribution in [2.45, 2.75) is 146 Å². The first-order valence-electron chi connectivity index (χ1n) is 13.8. The molecule has 0 aromatic carbocycles. The predicted molar refractivity (Wildman–Crippen MR) is 173 cm³/mol. The summed E-state index contributed by atoms with van der Waals surface area (Å²) in [7, 11) is 0. The highest BCUT2D eigenvalue weighted by molar-refractivity contribution is 5.75. The number of carbonyl (C=O) groups excluding carboxylic acids is 2. The van der Waals surface area contributed by atoms with Gasteiger partial charge in [0.25, 0.3) is 0 Å². The number of nitrogens with zero attached hydrogens (tertiary/aromatic N) is 1. The third-order valence-corrected chi connectivity index (χ3v) is 3.41. The molecule has 3 radical (unpaired) electrons. The van der Waals surface area contributed by atoms with Crippen LogP contribution in [0.1, 0.15) is 115 Å². The van der Waals surface area contributed by atoms with Crippen LogP contribution in [-0.4, -0.2) is 103 Å². The van der Waals surface area contributed by atoms with Gasteiger partial charge in [0.1, 0.15) is 0 Å². The highest BCUT2D eigenvalue weighted by atomic mass is 27.0. The van der Waals surface area contributed by atoms with E-state index in [1.807, 2.05) is 6.08 Å². The molecule has 0 saturated carbocycles. The quantitative estimate of drug-likeness (QED) is 0.121. The molecule has 0 aliphatic rings. The van der Waals surface area contributed by atoms with Crippen LogP contribution >= 0.6 is 0 Å². The third-order valence-electron chi connectivity index (χ3n) is 3.41. The molecule has 0 spiro atoms. The highest BCUT2D eigenvalue weighted by Gasteiger charge is 2.19. The SMILES string of the molecule is CC(C)O.CC(C)O.CC(C)O.CC/C=C/CCC/C(=C/CN(NC(=O)OC(C)C)C(=O)OC(C)C)CC.O.O.O.[Al]. The van der Waals surface area contributed by atoms with Crippen LogP contribution in [-0.2, 0) is 9.47 Å². The molecule has 255 valence electrons. The van der Waals surface area contributed by atoms with Gasteiger partial charge in [0.05, 0.1) is 18.8 Å². The lowest BCUT2D eigenvalue weighted by Crippen LogP contribution is -2.47. The van der Waals surface area contributed by atoms with E-state index in [2.05, 4.69) is 31.4 Å². The van der Waals surface area contributed by atoms with Crippen molar-refractivity contribution in [3.63, 3.8) is 0 Å².